The zero-order chi connectivity index (χ0) is 10.8. The molecule has 0 radical (unpaired) electrons. The molecule has 76 valence electrons. The van der Waals surface area contributed by atoms with Crippen molar-refractivity contribution in [2.45, 2.75) is 0 Å². The number of rotatable bonds is 2. The van der Waals surface area contributed by atoms with Gasteiger partial charge in [-0.1, -0.05) is 0 Å². The van der Waals surface area contributed by atoms with Gasteiger partial charge in [0.25, 0.3) is 0 Å². The van der Waals surface area contributed by atoms with Crippen LogP contribution in [-0.2, 0) is 0 Å². The zero-order valence-electron chi connectivity index (χ0n) is 7.97. The Morgan fingerprint density at radius 1 is 1.33 bits per heavy atom. The van der Waals surface area contributed by atoms with Crippen molar-refractivity contribution in [3.8, 4) is 0 Å². The first-order valence-electron chi connectivity index (χ1n) is 4.30. The lowest BCUT2D eigenvalue weighted by Crippen LogP contribution is -1.98. The van der Waals surface area contributed by atoms with E-state index in [2.05, 4.69) is 15.3 Å². The van der Waals surface area contributed by atoms with Crippen LogP contribution in [-0.4, -0.2) is 21.9 Å². The summed E-state index contributed by atoms with van der Waals surface area (Å²) < 4.78 is 0. The molecule has 2 aromatic rings. The summed E-state index contributed by atoms with van der Waals surface area (Å²) in [4.78, 5) is 18.4. The number of hydrogen-bond donors (Lipinski definition) is 1. The average Bonchev–Trinajstić information content (AvgIpc) is 2.27. The summed E-state index contributed by atoms with van der Waals surface area (Å²) in [5.74, 6) is 0. The molecular weight excluding hydrogens is 196 g/mol. The first-order valence-corrected chi connectivity index (χ1v) is 4.30. The minimum Gasteiger partial charge on any atom is -0.382 e. The fourth-order valence-electron chi connectivity index (χ4n) is 1.41. The Morgan fingerprint density at radius 2 is 2.07 bits per heavy atom. The van der Waals surface area contributed by atoms with Crippen molar-refractivity contribution < 1.29 is 4.92 Å². The molecule has 0 atom stereocenters. The van der Waals surface area contributed by atoms with Gasteiger partial charge in [-0.3, -0.25) is 15.1 Å². The van der Waals surface area contributed by atoms with Crippen LogP contribution in [0.15, 0.2) is 24.5 Å². The zero-order valence-corrected chi connectivity index (χ0v) is 7.97. The summed E-state index contributed by atoms with van der Waals surface area (Å²) in [5, 5.41) is 13.7. The molecule has 6 heteroatoms. The van der Waals surface area contributed by atoms with Gasteiger partial charge in [0, 0.05) is 19.4 Å². The van der Waals surface area contributed by atoms with Gasteiger partial charge < -0.3 is 5.32 Å². The standard InChI is InChI=1S/C9H8N4O2/c1-10-7-3-2-6-8(9(7)13(14)15)12-5-4-11-6/h2-5,10H,1H3. The number of nitro benzene ring substituents is 1. The number of aromatic nitrogens is 2. The third kappa shape index (κ3) is 1.45. The fourth-order valence-corrected chi connectivity index (χ4v) is 1.41. The highest BCUT2D eigenvalue weighted by atomic mass is 16.6. The van der Waals surface area contributed by atoms with Gasteiger partial charge in [0.15, 0.2) is 5.52 Å². The maximum absolute atomic E-state index is 10.9. The molecule has 0 fully saturated rings. The van der Waals surface area contributed by atoms with Gasteiger partial charge in [-0.15, -0.1) is 0 Å². The van der Waals surface area contributed by atoms with Crippen molar-refractivity contribution in [3.63, 3.8) is 0 Å². The molecule has 0 bridgehead atoms. The average molecular weight is 204 g/mol. The van der Waals surface area contributed by atoms with E-state index in [1.165, 1.54) is 12.4 Å². The maximum atomic E-state index is 10.9. The Bertz CT molecular complexity index is 527. The second-order valence-electron chi connectivity index (χ2n) is 2.89. The van der Waals surface area contributed by atoms with E-state index in [-0.39, 0.29) is 5.69 Å². The number of benzene rings is 1. The second kappa shape index (κ2) is 3.49. The highest BCUT2D eigenvalue weighted by Gasteiger charge is 2.18. The summed E-state index contributed by atoms with van der Waals surface area (Å²) in [6.07, 6.45) is 2.94. The van der Waals surface area contributed by atoms with Gasteiger partial charge >= 0.3 is 5.69 Å². The Labute approximate surface area is 85.1 Å². The summed E-state index contributed by atoms with van der Waals surface area (Å²) >= 11 is 0. The highest BCUT2D eigenvalue weighted by molar-refractivity contribution is 5.90. The lowest BCUT2D eigenvalue weighted by atomic mass is 10.2. The monoisotopic (exact) mass is 204 g/mol. The summed E-state index contributed by atoms with van der Waals surface area (Å²) in [6, 6.07) is 3.32. The molecule has 0 spiro atoms. The first kappa shape index (κ1) is 9.32. The van der Waals surface area contributed by atoms with E-state index >= 15 is 0 Å². The Balaban J connectivity index is 2.85. The van der Waals surface area contributed by atoms with Crippen molar-refractivity contribution in [1.82, 2.24) is 9.97 Å². The Hall–Kier alpha value is -2.24. The Morgan fingerprint density at radius 3 is 2.73 bits per heavy atom. The van der Waals surface area contributed by atoms with E-state index in [0.717, 1.165) is 0 Å². The topological polar surface area (TPSA) is 81.0 Å². The number of nitrogens with one attached hydrogen (secondary N) is 1. The van der Waals surface area contributed by atoms with Crippen LogP contribution in [0.1, 0.15) is 0 Å². The van der Waals surface area contributed by atoms with Crippen molar-refractivity contribution >= 4 is 22.4 Å². The number of anilines is 1. The van der Waals surface area contributed by atoms with Gasteiger partial charge in [-0.05, 0) is 12.1 Å². The molecule has 0 aliphatic heterocycles. The third-order valence-corrected chi connectivity index (χ3v) is 2.07. The summed E-state index contributed by atoms with van der Waals surface area (Å²) in [7, 11) is 1.63. The third-order valence-electron chi connectivity index (χ3n) is 2.07. The van der Waals surface area contributed by atoms with Crippen LogP contribution in [0.25, 0.3) is 11.0 Å². The van der Waals surface area contributed by atoms with E-state index in [1.807, 2.05) is 0 Å². The minimum atomic E-state index is -0.456. The van der Waals surface area contributed by atoms with Gasteiger partial charge in [0.1, 0.15) is 5.69 Å². The molecule has 0 unspecified atom stereocenters. The fraction of sp³-hybridized carbons (Fsp3) is 0.111. The number of fused-ring (bicyclic) bond motifs is 1. The number of hydrogen-bond acceptors (Lipinski definition) is 5. The van der Waals surface area contributed by atoms with Crippen LogP contribution in [0.5, 0.6) is 0 Å². The van der Waals surface area contributed by atoms with Crippen LogP contribution < -0.4 is 5.32 Å². The molecular formula is C9H8N4O2. The molecule has 0 amide bonds. The molecule has 0 saturated heterocycles. The number of nitro groups is 1. The van der Waals surface area contributed by atoms with Crippen molar-refractivity contribution in [2.24, 2.45) is 0 Å². The predicted octanol–water partition coefficient (Wildman–Crippen LogP) is 1.58. The maximum Gasteiger partial charge on any atom is 0.319 e. The van der Waals surface area contributed by atoms with Gasteiger partial charge in [-0.2, -0.15) is 0 Å². The van der Waals surface area contributed by atoms with Crippen molar-refractivity contribution in [1.29, 1.82) is 0 Å². The molecule has 0 aliphatic carbocycles. The quantitative estimate of drug-likeness (QED) is 0.593. The summed E-state index contributed by atoms with van der Waals surface area (Å²) in [5.41, 5.74) is 1.22. The predicted molar refractivity (Wildman–Crippen MR) is 55.7 cm³/mol. The molecule has 0 aliphatic rings. The van der Waals surface area contributed by atoms with E-state index in [0.29, 0.717) is 16.7 Å². The van der Waals surface area contributed by atoms with Crippen LogP contribution in [0.3, 0.4) is 0 Å². The van der Waals surface area contributed by atoms with Gasteiger partial charge in [0.05, 0.1) is 10.4 Å². The SMILES string of the molecule is CNc1ccc2nccnc2c1[N+](=O)[O-]. The van der Waals surface area contributed by atoms with Crippen molar-refractivity contribution in [2.75, 3.05) is 12.4 Å². The molecule has 2 rings (SSSR count). The normalized spacial score (nSPS) is 10.2. The molecule has 1 N–H and O–H groups in total. The molecule has 1 aromatic carbocycles. The Kier molecular flexibility index (Phi) is 2.17. The lowest BCUT2D eigenvalue weighted by molar-refractivity contribution is -0.382. The van der Waals surface area contributed by atoms with Crippen molar-refractivity contribution in [3.05, 3.63) is 34.6 Å². The lowest BCUT2D eigenvalue weighted by Gasteiger charge is -2.03. The molecule has 1 aromatic heterocycles. The van der Waals surface area contributed by atoms with E-state index in [1.54, 1.807) is 19.2 Å². The minimum absolute atomic E-state index is 0.0388. The van der Waals surface area contributed by atoms with E-state index in [4.69, 9.17) is 0 Å². The van der Waals surface area contributed by atoms with Gasteiger partial charge in [0.2, 0.25) is 0 Å². The summed E-state index contributed by atoms with van der Waals surface area (Å²) in [6.45, 7) is 0. The van der Waals surface area contributed by atoms with Crippen LogP contribution in [0.4, 0.5) is 11.4 Å². The van der Waals surface area contributed by atoms with Gasteiger partial charge in [-0.25, -0.2) is 4.98 Å². The molecule has 15 heavy (non-hydrogen) atoms. The van der Waals surface area contributed by atoms with Crippen LogP contribution >= 0.6 is 0 Å². The molecule has 6 nitrogen and oxygen atoms in total. The largest absolute Gasteiger partial charge is 0.382 e. The highest BCUT2D eigenvalue weighted by Crippen LogP contribution is 2.30. The molecule has 0 saturated carbocycles. The number of nitrogens with zero attached hydrogens (tertiary/aromatic N) is 3. The van der Waals surface area contributed by atoms with Crippen LogP contribution in [0.2, 0.25) is 0 Å². The van der Waals surface area contributed by atoms with E-state index < -0.39 is 4.92 Å². The second-order valence-corrected chi connectivity index (χ2v) is 2.89. The first-order chi connectivity index (χ1) is 7.24. The van der Waals surface area contributed by atoms with Crippen LogP contribution in [0, 0.1) is 10.1 Å². The smallest absolute Gasteiger partial charge is 0.319 e. The molecule has 1 heterocycles. The van der Waals surface area contributed by atoms with E-state index in [9.17, 15) is 10.1 Å².